The van der Waals surface area contributed by atoms with Crippen LogP contribution < -0.4 is 10.2 Å². The van der Waals surface area contributed by atoms with E-state index >= 15 is 0 Å². The number of rotatable bonds is 5. The Labute approximate surface area is 166 Å². The van der Waals surface area contributed by atoms with Gasteiger partial charge < -0.3 is 10.2 Å². The summed E-state index contributed by atoms with van der Waals surface area (Å²) in [5, 5.41) is 3.23. The van der Waals surface area contributed by atoms with Crippen molar-refractivity contribution in [3.63, 3.8) is 0 Å². The van der Waals surface area contributed by atoms with Crippen LogP contribution in [-0.2, 0) is 0 Å². The third-order valence-corrected chi connectivity index (χ3v) is 4.43. The SMILES string of the molecule is CCN(C(=O)c1cc(C)nc(Nc2cc(C)cc(C)c2)n1)c1cccc(C)c1. The van der Waals surface area contributed by atoms with Gasteiger partial charge in [0.05, 0.1) is 0 Å². The molecule has 3 rings (SSSR count). The van der Waals surface area contributed by atoms with Gasteiger partial charge in [0.2, 0.25) is 5.95 Å². The van der Waals surface area contributed by atoms with E-state index in [1.807, 2.05) is 71.0 Å². The quantitative estimate of drug-likeness (QED) is 0.673. The zero-order valence-corrected chi connectivity index (χ0v) is 17.1. The minimum atomic E-state index is -0.137. The molecule has 5 nitrogen and oxygen atoms in total. The molecule has 28 heavy (non-hydrogen) atoms. The summed E-state index contributed by atoms with van der Waals surface area (Å²) in [6.45, 7) is 10.5. The number of aromatic nitrogens is 2. The number of amides is 1. The van der Waals surface area contributed by atoms with Crippen molar-refractivity contribution in [1.82, 2.24) is 9.97 Å². The van der Waals surface area contributed by atoms with Crippen LogP contribution in [0.5, 0.6) is 0 Å². The molecule has 5 heteroatoms. The lowest BCUT2D eigenvalue weighted by Gasteiger charge is -2.21. The number of nitrogens with zero attached hydrogens (tertiary/aromatic N) is 3. The fourth-order valence-corrected chi connectivity index (χ4v) is 3.29. The number of hydrogen-bond donors (Lipinski definition) is 1. The first-order valence-corrected chi connectivity index (χ1v) is 9.45. The number of carbonyl (C=O) groups excluding carboxylic acids is 1. The smallest absolute Gasteiger partial charge is 0.277 e. The minimum absolute atomic E-state index is 0.137. The molecule has 0 fully saturated rings. The molecule has 2 aromatic carbocycles. The predicted molar refractivity (Wildman–Crippen MR) is 114 cm³/mol. The second kappa shape index (κ2) is 8.21. The third kappa shape index (κ3) is 4.55. The van der Waals surface area contributed by atoms with Gasteiger partial charge in [0, 0.05) is 23.6 Å². The number of anilines is 3. The maximum absolute atomic E-state index is 13.2. The molecule has 0 saturated carbocycles. The van der Waals surface area contributed by atoms with Crippen LogP contribution in [0.2, 0.25) is 0 Å². The monoisotopic (exact) mass is 374 g/mol. The maximum atomic E-state index is 13.2. The minimum Gasteiger partial charge on any atom is -0.324 e. The standard InChI is InChI=1S/C23H26N4O/c1-6-27(20-9-7-8-15(2)13-20)22(28)21-14-18(5)24-23(26-21)25-19-11-16(3)10-17(4)12-19/h7-14H,6H2,1-5H3,(H,24,25,26). The number of nitrogens with one attached hydrogen (secondary N) is 1. The molecule has 144 valence electrons. The van der Waals surface area contributed by atoms with Crippen molar-refractivity contribution >= 4 is 23.2 Å². The van der Waals surface area contributed by atoms with E-state index in [0.29, 0.717) is 18.2 Å². The zero-order valence-electron chi connectivity index (χ0n) is 17.1. The van der Waals surface area contributed by atoms with Crippen molar-refractivity contribution in [3.05, 3.63) is 76.6 Å². The summed E-state index contributed by atoms with van der Waals surface area (Å²) < 4.78 is 0. The average molecular weight is 374 g/mol. The Morgan fingerprint density at radius 2 is 1.64 bits per heavy atom. The van der Waals surface area contributed by atoms with Gasteiger partial charge in [-0.05, 0) is 81.6 Å². The average Bonchev–Trinajstić information content (AvgIpc) is 2.61. The van der Waals surface area contributed by atoms with Crippen LogP contribution in [0.25, 0.3) is 0 Å². The lowest BCUT2D eigenvalue weighted by Crippen LogP contribution is -2.31. The molecule has 0 aliphatic rings. The van der Waals surface area contributed by atoms with Crippen LogP contribution in [0.1, 0.15) is 39.8 Å². The Bertz CT molecular complexity index is 993. The second-order valence-electron chi connectivity index (χ2n) is 7.11. The van der Waals surface area contributed by atoms with E-state index in [0.717, 1.165) is 33.8 Å². The molecular formula is C23H26N4O. The van der Waals surface area contributed by atoms with E-state index in [-0.39, 0.29) is 5.91 Å². The van der Waals surface area contributed by atoms with Crippen molar-refractivity contribution in [2.24, 2.45) is 0 Å². The summed E-state index contributed by atoms with van der Waals surface area (Å²) in [5.74, 6) is 0.288. The van der Waals surface area contributed by atoms with Crippen LogP contribution in [0.15, 0.2) is 48.5 Å². The number of aryl methyl sites for hydroxylation is 4. The van der Waals surface area contributed by atoms with E-state index in [1.54, 1.807) is 11.0 Å². The summed E-state index contributed by atoms with van der Waals surface area (Å²) >= 11 is 0. The molecule has 0 bridgehead atoms. The van der Waals surface area contributed by atoms with Gasteiger partial charge in [0.25, 0.3) is 5.91 Å². The van der Waals surface area contributed by atoms with E-state index < -0.39 is 0 Å². The zero-order chi connectivity index (χ0) is 20.3. The van der Waals surface area contributed by atoms with Gasteiger partial charge in [-0.25, -0.2) is 9.97 Å². The fourth-order valence-electron chi connectivity index (χ4n) is 3.29. The molecule has 0 saturated heterocycles. The van der Waals surface area contributed by atoms with E-state index in [9.17, 15) is 4.79 Å². The highest BCUT2D eigenvalue weighted by Crippen LogP contribution is 2.21. The Morgan fingerprint density at radius 1 is 0.929 bits per heavy atom. The van der Waals surface area contributed by atoms with Crippen molar-refractivity contribution in [1.29, 1.82) is 0 Å². The highest BCUT2D eigenvalue weighted by molar-refractivity contribution is 6.05. The molecule has 1 heterocycles. The predicted octanol–water partition coefficient (Wildman–Crippen LogP) is 5.12. The molecular weight excluding hydrogens is 348 g/mol. The van der Waals surface area contributed by atoms with Gasteiger partial charge in [0.15, 0.2) is 0 Å². The Balaban J connectivity index is 1.92. The molecule has 0 atom stereocenters. The summed E-state index contributed by atoms with van der Waals surface area (Å²) in [6, 6.07) is 15.8. The normalized spacial score (nSPS) is 10.6. The molecule has 0 radical (unpaired) electrons. The fraction of sp³-hybridized carbons (Fsp3) is 0.261. The van der Waals surface area contributed by atoms with Gasteiger partial charge in [-0.3, -0.25) is 4.79 Å². The van der Waals surface area contributed by atoms with Gasteiger partial charge in [0.1, 0.15) is 5.69 Å². The topological polar surface area (TPSA) is 58.1 Å². The van der Waals surface area contributed by atoms with Crippen molar-refractivity contribution in [2.75, 3.05) is 16.8 Å². The van der Waals surface area contributed by atoms with Gasteiger partial charge in [-0.1, -0.05) is 18.2 Å². The molecule has 0 spiro atoms. The Hall–Kier alpha value is -3.21. The van der Waals surface area contributed by atoms with E-state index in [4.69, 9.17) is 0 Å². The summed E-state index contributed by atoms with van der Waals surface area (Å²) in [4.78, 5) is 23.8. The Kier molecular flexibility index (Phi) is 5.73. The molecule has 1 amide bonds. The summed E-state index contributed by atoms with van der Waals surface area (Å²) in [5.41, 5.74) is 6.32. The van der Waals surface area contributed by atoms with Crippen LogP contribution >= 0.6 is 0 Å². The highest BCUT2D eigenvalue weighted by atomic mass is 16.2. The van der Waals surface area contributed by atoms with Crippen molar-refractivity contribution < 1.29 is 4.79 Å². The second-order valence-corrected chi connectivity index (χ2v) is 7.11. The van der Waals surface area contributed by atoms with Gasteiger partial charge in [-0.15, -0.1) is 0 Å². The van der Waals surface area contributed by atoms with Gasteiger partial charge in [-0.2, -0.15) is 0 Å². The lowest BCUT2D eigenvalue weighted by atomic mass is 10.1. The molecule has 0 aliphatic carbocycles. The van der Waals surface area contributed by atoms with Gasteiger partial charge >= 0.3 is 0 Å². The Morgan fingerprint density at radius 3 is 2.29 bits per heavy atom. The number of hydrogen-bond acceptors (Lipinski definition) is 4. The highest BCUT2D eigenvalue weighted by Gasteiger charge is 2.19. The number of benzene rings is 2. The molecule has 1 aromatic heterocycles. The first-order chi connectivity index (χ1) is 13.4. The van der Waals surface area contributed by atoms with Crippen LogP contribution in [0.4, 0.5) is 17.3 Å². The first kappa shape index (κ1) is 19.5. The summed E-state index contributed by atoms with van der Waals surface area (Å²) in [6.07, 6.45) is 0. The lowest BCUT2D eigenvalue weighted by molar-refractivity contribution is 0.0983. The molecule has 3 aromatic rings. The van der Waals surface area contributed by atoms with Crippen LogP contribution in [-0.4, -0.2) is 22.4 Å². The van der Waals surface area contributed by atoms with Crippen molar-refractivity contribution in [3.8, 4) is 0 Å². The summed E-state index contributed by atoms with van der Waals surface area (Å²) in [7, 11) is 0. The van der Waals surface area contributed by atoms with Crippen molar-refractivity contribution in [2.45, 2.75) is 34.6 Å². The van der Waals surface area contributed by atoms with Crippen LogP contribution in [0.3, 0.4) is 0 Å². The number of carbonyl (C=O) groups is 1. The molecule has 0 unspecified atom stereocenters. The van der Waals surface area contributed by atoms with E-state index in [2.05, 4.69) is 21.4 Å². The largest absolute Gasteiger partial charge is 0.324 e. The molecule has 0 aliphatic heterocycles. The maximum Gasteiger partial charge on any atom is 0.277 e. The van der Waals surface area contributed by atoms with E-state index in [1.165, 1.54) is 0 Å². The van der Waals surface area contributed by atoms with Crippen LogP contribution in [0, 0.1) is 27.7 Å². The molecule has 1 N–H and O–H groups in total. The third-order valence-electron chi connectivity index (χ3n) is 4.43. The first-order valence-electron chi connectivity index (χ1n) is 9.45.